The molecule has 2 rings (SSSR count). The van der Waals surface area contributed by atoms with Crippen LogP contribution >= 0.6 is 0 Å². The van der Waals surface area contributed by atoms with Crippen LogP contribution in [0.3, 0.4) is 0 Å². The van der Waals surface area contributed by atoms with Gasteiger partial charge < -0.3 is 9.64 Å². The van der Waals surface area contributed by atoms with Crippen LogP contribution in [-0.4, -0.2) is 35.8 Å². The smallest absolute Gasteiger partial charge is 0.226 e. The minimum atomic E-state index is 0.0945. The van der Waals surface area contributed by atoms with Gasteiger partial charge in [-0.2, -0.15) is 0 Å². The third kappa shape index (κ3) is 2.48. The van der Waals surface area contributed by atoms with E-state index in [0.717, 1.165) is 37.6 Å². The minimum absolute atomic E-state index is 0.0945. The lowest BCUT2D eigenvalue weighted by molar-refractivity contribution is 0.127. The molecular formula is C14H23N3O. The lowest BCUT2D eigenvalue weighted by atomic mass is 9.91. The van der Waals surface area contributed by atoms with Crippen molar-refractivity contribution in [3.05, 3.63) is 18.0 Å². The monoisotopic (exact) mass is 249 g/mol. The molecule has 0 aliphatic carbocycles. The van der Waals surface area contributed by atoms with Gasteiger partial charge in [0.25, 0.3) is 0 Å². The van der Waals surface area contributed by atoms with Crippen molar-refractivity contribution in [2.75, 3.05) is 25.2 Å². The second kappa shape index (κ2) is 5.65. The Hall–Kier alpha value is -1.16. The first-order chi connectivity index (χ1) is 8.72. The van der Waals surface area contributed by atoms with Gasteiger partial charge in [0.05, 0.1) is 12.1 Å². The molecule has 1 saturated heterocycles. The molecule has 0 amide bonds. The zero-order valence-electron chi connectivity index (χ0n) is 11.6. The van der Waals surface area contributed by atoms with Gasteiger partial charge in [0.2, 0.25) is 5.95 Å². The Morgan fingerprint density at radius 3 is 3.00 bits per heavy atom. The van der Waals surface area contributed by atoms with E-state index >= 15 is 0 Å². The highest BCUT2D eigenvalue weighted by atomic mass is 16.5. The van der Waals surface area contributed by atoms with Crippen LogP contribution in [0.15, 0.2) is 12.3 Å². The van der Waals surface area contributed by atoms with Crippen LogP contribution in [0.1, 0.15) is 38.3 Å². The molecule has 4 nitrogen and oxygen atoms in total. The topological polar surface area (TPSA) is 38.2 Å². The van der Waals surface area contributed by atoms with Crippen molar-refractivity contribution in [2.45, 2.75) is 45.1 Å². The number of methoxy groups -OCH3 is 1. The summed E-state index contributed by atoms with van der Waals surface area (Å²) in [5.41, 5.74) is 1.12. The maximum absolute atomic E-state index is 5.47. The van der Waals surface area contributed by atoms with Crippen LogP contribution in [-0.2, 0) is 4.74 Å². The zero-order chi connectivity index (χ0) is 13.0. The molecule has 4 heteroatoms. The number of anilines is 1. The van der Waals surface area contributed by atoms with Gasteiger partial charge in [0.15, 0.2) is 0 Å². The minimum Gasteiger partial charge on any atom is -0.382 e. The molecule has 0 bridgehead atoms. The first kappa shape index (κ1) is 13.3. The highest BCUT2D eigenvalue weighted by Gasteiger charge is 2.41. The molecule has 0 aromatic carbocycles. The fraction of sp³-hybridized carbons (Fsp3) is 0.714. The maximum Gasteiger partial charge on any atom is 0.226 e. The Morgan fingerprint density at radius 2 is 2.33 bits per heavy atom. The van der Waals surface area contributed by atoms with Gasteiger partial charge in [0.1, 0.15) is 0 Å². The quantitative estimate of drug-likeness (QED) is 0.804. The first-order valence-corrected chi connectivity index (χ1v) is 6.78. The molecule has 1 aromatic heterocycles. The van der Waals surface area contributed by atoms with Crippen LogP contribution in [0.25, 0.3) is 0 Å². The summed E-state index contributed by atoms with van der Waals surface area (Å²) in [5.74, 6) is 0.859. The fourth-order valence-corrected chi connectivity index (χ4v) is 3.03. The molecule has 100 valence electrons. The number of aromatic nitrogens is 2. The number of ether oxygens (including phenoxy) is 1. The molecule has 18 heavy (non-hydrogen) atoms. The molecule has 1 aliphatic heterocycles. The third-order valence-corrected chi connectivity index (χ3v) is 3.75. The van der Waals surface area contributed by atoms with Crippen molar-refractivity contribution in [1.82, 2.24) is 9.97 Å². The van der Waals surface area contributed by atoms with Gasteiger partial charge in [-0.25, -0.2) is 9.97 Å². The van der Waals surface area contributed by atoms with Crippen molar-refractivity contribution in [2.24, 2.45) is 0 Å². The Morgan fingerprint density at radius 1 is 1.50 bits per heavy atom. The predicted octanol–water partition coefficient (Wildman–Crippen LogP) is 2.57. The van der Waals surface area contributed by atoms with Gasteiger partial charge in [-0.05, 0) is 32.3 Å². The summed E-state index contributed by atoms with van der Waals surface area (Å²) in [6.45, 7) is 6.04. The van der Waals surface area contributed by atoms with Crippen LogP contribution in [0, 0.1) is 6.92 Å². The van der Waals surface area contributed by atoms with Crippen LogP contribution in [0.4, 0.5) is 5.95 Å². The summed E-state index contributed by atoms with van der Waals surface area (Å²) < 4.78 is 5.47. The van der Waals surface area contributed by atoms with Crippen molar-refractivity contribution >= 4 is 5.95 Å². The highest BCUT2D eigenvalue weighted by Crippen LogP contribution is 2.36. The average Bonchev–Trinajstić information content (AvgIpc) is 2.74. The van der Waals surface area contributed by atoms with E-state index in [1.54, 1.807) is 7.11 Å². The Balaban J connectivity index is 2.29. The van der Waals surface area contributed by atoms with Crippen molar-refractivity contribution < 1.29 is 4.74 Å². The van der Waals surface area contributed by atoms with Crippen molar-refractivity contribution in [3.8, 4) is 0 Å². The van der Waals surface area contributed by atoms with E-state index < -0.39 is 0 Å². The summed E-state index contributed by atoms with van der Waals surface area (Å²) in [6.07, 6.45) is 6.51. The molecule has 1 aromatic rings. The van der Waals surface area contributed by atoms with Gasteiger partial charge in [-0.1, -0.05) is 13.3 Å². The summed E-state index contributed by atoms with van der Waals surface area (Å²) in [7, 11) is 1.78. The standard InChI is InChI=1S/C14H23N3O/c1-4-7-14(11-18-3)8-5-10-17(14)13-15-9-6-12(2)16-13/h6,9H,4-5,7-8,10-11H2,1-3H3. The lowest BCUT2D eigenvalue weighted by Gasteiger charge is -2.38. The second-order valence-electron chi connectivity index (χ2n) is 5.16. The van der Waals surface area contributed by atoms with E-state index in [0.29, 0.717) is 0 Å². The van der Waals surface area contributed by atoms with Crippen LogP contribution < -0.4 is 4.90 Å². The molecule has 0 radical (unpaired) electrons. The largest absolute Gasteiger partial charge is 0.382 e. The molecular weight excluding hydrogens is 226 g/mol. The molecule has 0 saturated carbocycles. The normalized spacial score (nSPS) is 23.6. The second-order valence-corrected chi connectivity index (χ2v) is 5.16. The van der Waals surface area contributed by atoms with E-state index in [-0.39, 0.29) is 5.54 Å². The summed E-state index contributed by atoms with van der Waals surface area (Å²) in [6, 6.07) is 1.94. The van der Waals surface area contributed by atoms with Gasteiger partial charge in [-0.3, -0.25) is 0 Å². The number of nitrogens with zero attached hydrogens (tertiary/aromatic N) is 3. The summed E-state index contributed by atoms with van der Waals surface area (Å²) >= 11 is 0. The number of rotatable bonds is 5. The summed E-state index contributed by atoms with van der Waals surface area (Å²) in [5, 5.41) is 0. The molecule has 1 aliphatic rings. The predicted molar refractivity (Wildman–Crippen MR) is 72.9 cm³/mol. The maximum atomic E-state index is 5.47. The first-order valence-electron chi connectivity index (χ1n) is 6.78. The molecule has 1 fully saturated rings. The zero-order valence-corrected chi connectivity index (χ0v) is 11.6. The van der Waals surface area contributed by atoms with E-state index in [4.69, 9.17) is 4.74 Å². The SMILES string of the molecule is CCCC1(COC)CCCN1c1nccc(C)n1. The van der Waals surface area contributed by atoms with E-state index in [1.165, 1.54) is 12.8 Å². The fourth-order valence-electron chi connectivity index (χ4n) is 3.03. The molecule has 0 spiro atoms. The molecule has 1 atom stereocenters. The third-order valence-electron chi connectivity index (χ3n) is 3.75. The van der Waals surface area contributed by atoms with E-state index in [2.05, 4.69) is 21.8 Å². The van der Waals surface area contributed by atoms with E-state index in [1.807, 2.05) is 19.2 Å². The Labute approximate surface area is 109 Å². The number of aryl methyl sites for hydroxylation is 1. The molecule has 2 heterocycles. The van der Waals surface area contributed by atoms with Crippen LogP contribution in [0.2, 0.25) is 0 Å². The average molecular weight is 249 g/mol. The highest BCUT2D eigenvalue weighted by molar-refractivity contribution is 5.37. The molecule has 0 N–H and O–H groups in total. The lowest BCUT2D eigenvalue weighted by Crippen LogP contribution is -2.48. The summed E-state index contributed by atoms with van der Waals surface area (Å²) in [4.78, 5) is 11.4. The Bertz CT molecular complexity index is 388. The molecule has 1 unspecified atom stereocenters. The van der Waals surface area contributed by atoms with Gasteiger partial charge in [0, 0.05) is 25.5 Å². The van der Waals surface area contributed by atoms with Crippen molar-refractivity contribution in [1.29, 1.82) is 0 Å². The van der Waals surface area contributed by atoms with Crippen molar-refractivity contribution in [3.63, 3.8) is 0 Å². The van der Waals surface area contributed by atoms with Crippen LogP contribution in [0.5, 0.6) is 0 Å². The number of hydrogen-bond donors (Lipinski definition) is 0. The van der Waals surface area contributed by atoms with E-state index in [9.17, 15) is 0 Å². The van der Waals surface area contributed by atoms with Gasteiger partial charge >= 0.3 is 0 Å². The number of hydrogen-bond acceptors (Lipinski definition) is 4. The van der Waals surface area contributed by atoms with Gasteiger partial charge in [-0.15, -0.1) is 0 Å². The Kier molecular flexibility index (Phi) is 4.17.